The van der Waals surface area contributed by atoms with E-state index in [4.69, 9.17) is 4.74 Å². The first-order valence-electron chi connectivity index (χ1n) is 11.8. The Morgan fingerprint density at radius 3 is 2.86 bits per heavy atom. The van der Waals surface area contributed by atoms with Crippen LogP contribution in [0.15, 0.2) is 24.3 Å². The minimum absolute atomic E-state index is 0.0327. The average molecular weight is 566 g/mol. The van der Waals surface area contributed by atoms with Crippen molar-refractivity contribution in [3.63, 3.8) is 0 Å². The summed E-state index contributed by atoms with van der Waals surface area (Å²) in [6, 6.07) is 6.09. The number of nitrogens with one attached hydrogen (secondary N) is 1. The number of aromatic nitrogens is 3. The van der Waals surface area contributed by atoms with Crippen LogP contribution in [0.25, 0.3) is 11.0 Å². The van der Waals surface area contributed by atoms with Gasteiger partial charge in [0, 0.05) is 10.1 Å². The van der Waals surface area contributed by atoms with Crippen molar-refractivity contribution in [1.29, 1.82) is 0 Å². The van der Waals surface area contributed by atoms with Gasteiger partial charge in [0.2, 0.25) is 11.8 Å². The fourth-order valence-electron chi connectivity index (χ4n) is 5.97. The minimum atomic E-state index is -0.832. The van der Waals surface area contributed by atoms with E-state index in [1.54, 1.807) is 23.4 Å². The Bertz CT molecular complexity index is 1160. The molecule has 4 heterocycles. The lowest BCUT2D eigenvalue weighted by molar-refractivity contribution is -0.154. The molecule has 5 rings (SSSR count). The monoisotopic (exact) mass is 565 g/mol. The maximum atomic E-state index is 13.9. The van der Waals surface area contributed by atoms with Crippen molar-refractivity contribution >= 4 is 56.5 Å². The molecule has 188 valence electrons. The maximum absolute atomic E-state index is 13.9. The first kappa shape index (κ1) is 24.5. The van der Waals surface area contributed by atoms with E-state index in [1.807, 2.05) is 31.2 Å². The molecule has 1 spiro atoms. The van der Waals surface area contributed by atoms with Gasteiger partial charge < -0.3 is 20.1 Å². The number of benzene rings is 1. The van der Waals surface area contributed by atoms with Gasteiger partial charge in [-0.05, 0) is 31.9 Å². The number of ether oxygens (including phenoxy) is 1. The molecule has 10 nitrogen and oxygen atoms in total. The average Bonchev–Trinajstić information content (AvgIpc) is 3.56. The standard InChI is InChI=1S/C23H28BrN5O5S/c1-3-12(10-30)29-19(20(31)25-11-28-15-8-6-5-7-14(15)26-27-28)23-9-13(24)18(35-23)16(17(23)21(29)32)22(33)34-4-2/h5-8,12-13,16-19,30H,3-4,9-11H2,1-2H3,(H,25,31)/t12-,13?,16-,17-,18-,19?,23?/m0/s1. The van der Waals surface area contributed by atoms with Gasteiger partial charge in [-0.2, -0.15) is 0 Å². The molecular weight excluding hydrogens is 538 g/mol. The molecule has 3 fully saturated rings. The molecule has 35 heavy (non-hydrogen) atoms. The largest absolute Gasteiger partial charge is 0.466 e. The number of hydrogen-bond donors (Lipinski definition) is 2. The number of fused-ring (bicyclic) bond motifs is 2. The Balaban J connectivity index is 1.49. The van der Waals surface area contributed by atoms with E-state index in [0.717, 1.165) is 5.52 Å². The number of aliphatic hydroxyl groups excluding tert-OH is 1. The molecule has 2 aromatic rings. The lowest BCUT2D eigenvalue weighted by Gasteiger charge is -2.37. The third-order valence-electron chi connectivity index (χ3n) is 7.43. The van der Waals surface area contributed by atoms with Gasteiger partial charge in [-0.3, -0.25) is 14.4 Å². The SMILES string of the molecule is CCOC(=O)[C@H]1[C@H]2C(=O)N([C@@H](CC)CO)C(C(=O)NCn3nnc4ccccc43)C23CC(Br)[C@@H]1S3. The number of likely N-dealkylation sites (tertiary alicyclic amines) is 1. The number of carbonyl (C=O) groups excluding carboxylic acids is 3. The molecule has 3 aliphatic heterocycles. The lowest BCUT2D eigenvalue weighted by atomic mass is 9.71. The zero-order chi connectivity index (χ0) is 24.9. The summed E-state index contributed by atoms with van der Waals surface area (Å²) in [6.07, 6.45) is 1.05. The molecule has 3 saturated heterocycles. The molecule has 2 amide bonds. The van der Waals surface area contributed by atoms with Crippen LogP contribution in [0, 0.1) is 11.8 Å². The van der Waals surface area contributed by atoms with Gasteiger partial charge in [-0.1, -0.05) is 40.2 Å². The summed E-state index contributed by atoms with van der Waals surface area (Å²) in [5, 5.41) is 21.1. The van der Waals surface area contributed by atoms with Gasteiger partial charge in [-0.15, -0.1) is 16.9 Å². The smallest absolute Gasteiger partial charge is 0.310 e. The molecule has 0 aliphatic carbocycles. The molecule has 3 unspecified atom stereocenters. The number of esters is 1. The Morgan fingerprint density at radius 1 is 1.37 bits per heavy atom. The molecular formula is C23H28BrN5O5S. The highest BCUT2D eigenvalue weighted by Crippen LogP contribution is 2.68. The van der Waals surface area contributed by atoms with E-state index < -0.39 is 34.6 Å². The summed E-state index contributed by atoms with van der Waals surface area (Å²) in [5.74, 6) is -2.30. The number of halogens is 1. The summed E-state index contributed by atoms with van der Waals surface area (Å²) in [5.41, 5.74) is 1.50. The van der Waals surface area contributed by atoms with Crippen LogP contribution in [0.1, 0.15) is 26.7 Å². The molecule has 1 aromatic carbocycles. The maximum Gasteiger partial charge on any atom is 0.310 e. The van der Waals surface area contributed by atoms with Crippen molar-refractivity contribution in [2.24, 2.45) is 11.8 Å². The van der Waals surface area contributed by atoms with Crippen LogP contribution in [0.5, 0.6) is 0 Å². The molecule has 1 aromatic heterocycles. The quantitative estimate of drug-likeness (QED) is 0.362. The van der Waals surface area contributed by atoms with Crippen LogP contribution in [-0.2, 0) is 25.8 Å². The van der Waals surface area contributed by atoms with Gasteiger partial charge in [0.25, 0.3) is 0 Å². The highest BCUT2D eigenvalue weighted by atomic mass is 79.9. The van der Waals surface area contributed by atoms with Crippen molar-refractivity contribution in [2.75, 3.05) is 13.2 Å². The fourth-order valence-corrected chi connectivity index (χ4v) is 9.55. The number of amides is 2. The fraction of sp³-hybridized carbons (Fsp3) is 0.609. The number of carbonyl (C=O) groups is 3. The number of hydrogen-bond acceptors (Lipinski definition) is 8. The minimum Gasteiger partial charge on any atom is -0.466 e. The second kappa shape index (κ2) is 9.36. The molecule has 0 radical (unpaired) electrons. The van der Waals surface area contributed by atoms with Gasteiger partial charge in [0.05, 0.1) is 41.4 Å². The molecule has 3 aliphatic rings. The van der Waals surface area contributed by atoms with Crippen LogP contribution >= 0.6 is 27.7 Å². The van der Waals surface area contributed by atoms with E-state index in [2.05, 4.69) is 31.6 Å². The van der Waals surface area contributed by atoms with Crippen LogP contribution < -0.4 is 5.32 Å². The van der Waals surface area contributed by atoms with Crippen LogP contribution in [0.2, 0.25) is 0 Å². The lowest BCUT2D eigenvalue weighted by Crippen LogP contribution is -2.57. The summed E-state index contributed by atoms with van der Waals surface area (Å²) in [6.45, 7) is 3.66. The van der Waals surface area contributed by atoms with E-state index in [-0.39, 0.29) is 41.8 Å². The zero-order valence-electron chi connectivity index (χ0n) is 19.5. The summed E-state index contributed by atoms with van der Waals surface area (Å²) in [7, 11) is 0. The van der Waals surface area contributed by atoms with E-state index in [1.165, 1.54) is 4.90 Å². The summed E-state index contributed by atoms with van der Waals surface area (Å²) < 4.78 is 6.16. The number of alkyl halides is 1. The van der Waals surface area contributed by atoms with Gasteiger partial charge in [0.1, 0.15) is 18.2 Å². The second-order valence-corrected chi connectivity index (χ2v) is 11.9. The second-order valence-electron chi connectivity index (χ2n) is 9.18. The van der Waals surface area contributed by atoms with Crippen LogP contribution in [0.4, 0.5) is 0 Å². The molecule has 2 bridgehead atoms. The highest BCUT2D eigenvalue weighted by molar-refractivity contribution is 9.09. The zero-order valence-corrected chi connectivity index (χ0v) is 21.9. The predicted molar refractivity (Wildman–Crippen MR) is 133 cm³/mol. The number of aliphatic hydroxyl groups is 1. The normalized spacial score (nSPS) is 32.2. The Kier molecular flexibility index (Phi) is 6.56. The van der Waals surface area contributed by atoms with Crippen LogP contribution in [-0.4, -0.2) is 82.9 Å². The number of thioether (sulfide) groups is 1. The van der Waals surface area contributed by atoms with Gasteiger partial charge in [-0.25, -0.2) is 4.68 Å². The van der Waals surface area contributed by atoms with E-state index in [9.17, 15) is 19.5 Å². The van der Waals surface area contributed by atoms with Crippen molar-refractivity contribution in [2.45, 2.75) is 60.3 Å². The molecule has 7 atom stereocenters. The van der Waals surface area contributed by atoms with Crippen molar-refractivity contribution in [3.8, 4) is 0 Å². The van der Waals surface area contributed by atoms with Crippen molar-refractivity contribution in [3.05, 3.63) is 24.3 Å². The highest BCUT2D eigenvalue weighted by Gasteiger charge is 2.76. The number of rotatable bonds is 8. The molecule has 0 saturated carbocycles. The Hall–Kier alpha value is -2.18. The third kappa shape index (κ3) is 3.67. The van der Waals surface area contributed by atoms with Gasteiger partial charge >= 0.3 is 5.97 Å². The number of para-hydroxylation sites is 1. The first-order valence-corrected chi connectivity index (χ1v) is 13.6. The van der Waals surface area contributed by atoms with E-state index >= 15 is 0 Å². The van der Waals surface area contributed by atoms with Crippen LogP contribution in [0.3, 0.4) is 0 Å². The predicted octanol–water partition coefficient (Wildman–Crippen LogP) is 1.30. The molecule has 2 N–H and O–H groups in total. The van der Waals surface area contributed by atoms with Crippen molar-refractivity contribution < 1.29 is 24.2 Å². The summed E-state index contributed by atoms with van der Waals surface area (Å²) >= 11 is 5.25. The first-order chi connectivity index (χ1) is 16.9. The Morgan fingerprint density at radius 2 is 2.14 bits per heavy atom. The van der Waals surface area contributed by atoms with Gasteiger partial charge in [0.15, 0.2) is 0 Å². The topological polar surface area (TPSA) is 127 Å². The van der Waals surface area contributed by atoms with E-state index in [0.29, 0.717) is 18.4 Å². The third-order valence-corrected chi connectivity index (χ3v) is 10.7. The molecule has 12 heteroatoms. The number of nitrogens with zero attached hydrogens (tertiary/aromatic N) is 4. The summed E-state index contributed by atoms with van der Waals surface area (Å²) in [4.78, 5) is 42.1. The van der Waals surface area contributed by atoms with Crippen molar-refractivity contribution in [1.82, 2.24) is 25.2 Å². The Labute approximate surface area is 215 Å².